The quantitative estimate of drug-likeness (QED) is 0.611. The van der Waals surface area contributed by atoms with Crippen LogP contribution in [0.3, 0.4) is 0 Å². The van der Waals surface area contributed by atoms with Crippen LogP contribution in [0.5, 0.6) is 0 Å². The average molecular weight is 390 g/mol. The molecule has 0 aliphatic heterocycles. The topological polar surface area (TPSA) is 93.2 Å². The van der Waals surface area contributed by atoms with E-state index < -0.39 is 5.97 Å². The van der Waals surface area contributed by atoms with E-state index in [0.717, 1.165) is 16.8 Å². The van der Waals surface area contributed by atoms with E-state index in [-0.39, 0.29) is 18.2 Å². The molecule has 0 radical (unpaired) electrons. The van der Waals surface area contributed by atoms with Crippen LogP contribution in [0, 0.1) is 13.8 Å². The van der Waals surface area contributed by atoms with Gasteiger partial charge in [-0.15, -0.1) is 0 Å². The summed E-state index contributed by atoms with van der Waals surface area (Å²) in [6.45, 7) is 5.96. The van der Waals surface area contributed by atoms with E-state index in [4.69, 9.17) is 4.74 Å². The fourth-order valence-corrected chi connectivity index (χ4v) is 2.74. The van der Waals surface area contributed by atoms with Crippen LogP contribution in [0.25, 0.3) is 0 Å². The Morgan fingerprint density at radius 1 is 1.00 bits per heavy atom. The van der Waals surface area contributed by atoms with E-state index in [0.29, 0.717) is 17.1 Å². The van der Waals surface area contributed by atoms with Crippen molar-refractivity contribution >= 4 is 29.1 Å². The third kappa shape index (κ3) is 4.76. The highest BCUT2D eigenvalue weighted by atomic mass is 16.5. The molecule has 1 aromatic heterocycles. The molecule has 0 unspecified atom stereocenters. The summed E-state index contributed by atoms with van der Waals surface area (Å²) in [6.07, 6.45) is 1.30. The summed E-state index contributed by atoms with van der Waals surface area (Å²) < 4.78 is 5.08. The molecular weight excluding hydrogens is 368 g/mol. The van der Waals surface area contributed by atoms with Gasteiger partial charge in [-0.25, -0.2) is 14.8 Å². The molecule has 1 amide bonds. The van der Waals surface area contributed by atoms with E-state index in [1.54, 1.807) is 31.2 Å². The first-order valence-electron chi connectivity index (χ1n) is 9.22. The Morgan fingerprint density at radius 2 is 1.76 bits per heavy atom. The number of carbonyl (C=O) groups excluding carboxylic acids is 2. The monoisotopic (exact) mass is 390 g/mol. The van der Waals surface area contributed by atoms with Crippen LogP contribution in [-0.4, -0.2) is 28.5 Å². The second-order valence-corrected chi connectivity index (χ2v) is 6.38. The van der Waals surface area contributed by atoms with Crippen molar-refractivity contribution in [3.05, 3.63) is 77.2 Å². The van der Waals surface area contributed by atoms with Crippen LogP contribution < -0.4 is 10.6 Å². The minimum atomic E-state index is -0.433. The van der Waals surface area contributed by atoms with E-state index in [9.17, 15) is 9.59 Å². The highest BCUT2D eigenvalue weighted by Crippen LogP contribution is 2.22. The highest BCUT2D eigenvalue weighted by molar-refractivity contribution is 6.04. The highest BCUT2D eigenvalue weighted by Gasteiger charge is 2.14. The van der Waals surface area contributed by atoms with Crippen LogP contribution in [0.4, 0.5) is 17.2 Å². The largest absolute Gasteiger partial charge is 0.462 e. The predicted octanol–water partition coefficient (Wildman–Crippen LogP) is 4.27. The number of carbonyl (C=O) groups is 2. The first kappa shape index (κ1) is 20.0. The predicted molar refractivity (Wildman–Crippen MR) is 112 cm³/mol. The van der Waals surface area contributed by atoms with Crippen LogP contribution in [-0.2, 0) is 4.74 Å². The first-order chi connectivity index (χ1) is 14.0. The Balaban J connectivity index is 1.81. The maximum atomic E-state index is 12.6. The molecule has 29 heavy (non-hydrogen) atoms. The standard InChI is InChI=1S/C22H22N4O3/c1-4-29-22(28)16-9-5-6-10-18(16)25-20-12-19(23-13-24-20)21(27)26-17-11-7-8-14(2)15(17)3/h5-13H,4H2,1-3H3,(H,26,27)(H,23,24,25). The number of ether oxygens (including phenoxy) is 1. The molecule has 0 aliphatic rings. The lowest BCUT2D eigenvalue weighted by Gasteiger charge is -2.12. The number of amides is 1. The number of hydrogen-bond acceptors (Lipinski definition) is 6. The summed E-state index contributed by atoms with van der Waals surface area (Å²) >= 11 is 0. The zero-order valence-electron chi connectivity index (χ0n) is 16.5. The van der Waals surface area contributed by atoms with Crippen molar-refractivity contribution in [2.45, 2.75) is 20.8 Å². The van der Waals surface area contributed by atoms with Crippen molar-refractivity contribution in [1.82, 2.24) is 9.97 Å². The molecule has 2 N–H and O–H groups in total. The lowest BCUT2D eigenvalue weighted by atomic mass is 10.1. The van der Waals surface area contributed by atoms with Gasteiger partial charge in [-0.1, -0.05) is 24.3 Å². The lowest BCUT2D eigenvalue weighted by molar-refractivity contribution is 0.0527. The number of nitrogens with one attached hydrogen (secondary N) is 2. The Labute approximate surface area is 169 Å². The van der Waals surface area contributed by atoms with Gasteiger partial charge in [0.05, 0.1) is 17.9 Å². The summed E-state index contributed by atoms with van der Waals surface area (Å²) in [5, 5.41) is 5.93. The van der Waals surface area contributed by atoms with Crippen molar-refractivity contribution < 1.29 is 14.3 Å². The van der Waals surface area contributed by atoms with Crippen LogP contribution in [0.2, 0.25) is 0 Å². The smallest absolute Gasteiger partial charge is 0.340 e. The number of aryl methyl sites for hydroxylation is 1. The molecule has 3 rings (SSSR count). The number of esters is 1. The van der Waals surface area contributed by atoms with Gasteiger partial charge in [0, 0.05) is 11.8 Å². The molecule has 3 aromatic rings. The minimum Gasteiger partial charge on any atom is -0.462 e. The summed E-state index contributed by atoms with van der Waals surface area (Å²) in [5.74, 6) is -0.386. The molecule has 7 nitrogen and oxygen atoms in total. The third-order valence-corrected chi connectivity index (χ3v) is 4.44. The van der Waals surface area contributed by atoms with Gasteiger partial charge in [0.15, 0.2) is 0 Å². The van der Waals surface area contributed by atoms with Crippen LogP contribution in [0.15, 0.2) is 54.9 Å². The molecule has 0 saturated carbocycles. The number of para-hydroxylation sites is 1. The summed E-state index contributed by atoms with van der Waals surface area (Å²) in [4.78, 5) is 33.0. The Kier molecular flexibility index (Phi) is 6.19. The number of benzene rings is 2. The van der Waals surface area contributed by atoms with Gasteiger partial charge < -0.3 is 15.4 Å². The molecule has 2 aromatic carbocycles. The Hall–Kier alpha value is -3.74. The second-order valence-electron chi connectivity index (χ2n) is 6.38. The Bertz CT molecular complexity index is 1050. The van der Waals surface area contributed by atoms with Gasteiger partial charge in [-0.05, 0) is 50.1 Å². The first-order valence-corrected chi connectivity index (χ1v) is 9.22. The maximum absolute atomic E-state index is 12.6. The summed E-state index contributed by atoms with van der Waals surface area (Å²) in [5.41, 5.74) is 3.94. The lowest BCUT2D eigenvalue weighted by Crippen LogP contribution is -2.15. The van der Waals surface area contributed by atoms with Gasteiger partial charge in [-0.3, -0.25) is 4.79 Å². The van der Waals surface area contributed by atoms with E-state index in [2.05, 4.69) is 20.6 Å². The molecule has 0 fully saturated rings. The van der Waals surface area contributed by atoms with Gasteiger partial charge >= 0.3 is 5.97 Å². The molecule has 0 aliphatic carbocycles. The summed E-state index contributed by atoms with van der Waals surface area (Å²) in [7, 11) is 0. The molecule has 0 spiro atoms. The molecule has 1 heterocycles. The van der Waals surface area contributed by atoms with E-state index in [1.807, 2.05) is 32.0 Å². The van der Waals surface area contributed by atoms with E-state index >= 15 is 0 Å². The minimum absolute atomic E-state index is 0.206. The number of hydrogen-bond donors (Lipinski definition) is 2. The van der Waals surface area contributed by atoms with Gasteiger partial charge in [0.25, 0.3) is 5.91 Å². The number of aromatic nitrogens is 2. The number of rotatable bonds is 6. The normalized spacial score (nSPS) is 10.3. The average Bonchev–Trinajstić information content (AvgIpc) is 2.72. The molecule has 0 bridgehead atoms. The molecule has 148 valence electrons. The Morgan fingerprint density at radius 3 is 2.55 bits per heavy atom. The summed E-state index contributed by atoms with van der Waals surface area (Å²) in [6, 6.07) is 14.2. The van der Waals surface area contributed by atoms with Gasteiger partial charge in [0.2, 0.25) is 0 Å². The molecular formula is C22H22N4O3. The molecule has 0 atom stereocenters. The van der Waals surface area contributed by atoms with Crippen molar-refractivity contribution in [1.29, 1.82) is 0 Å². The van der Waals surface area contributed by atoms with Gasteiger partial charge in [0.1, 0.15) is 17.8 Å². The second kappa shape index (κ2) is 8.97. The zero-order chi connectivity index (χ0) is 20.8. The number of nitrogens with zero attached hydrogens (tertiary/aromatic N) is 2. The van der Waals surface area contributed by atoms with Crippen LogP contribution >= 0.6 is 0 Å². The fraction of sp³-hybridized carbons (Fsp3) is 0.182. The molecule has 0 saturated heterocycles. The molecule has 7 heteroatoms. The fourth-order valence-electron chi connectivity index (χ4n) is 2.74. The van der Waals surface area contributed by atoms with Crippen molar-refractivity contribution in [2.75, 3.05) is 17.2 Å². The maximum Gasteiger partial charge on any atom is 0.340 e. The SMILES string of the molecule is CCOC(=O)c1ccccc1Nc1cc(C(=O)Nc2cccc(C)c2C)ncn1. The van der Waals surface area contributed by atoms with Gasteiger partial charge in [-0.2, -0.15) is 0 Å². The van der Waals surface area contributed by atoms with Crippen molar-refractivity contribution in [2.24, 2.45) is 0 Å². The van der Waals surface area contributed by atoms with Crippen molar-refractivity contribution in [3.8, 4) is 0 Å². The third-order valence-electron chi connectivity index (χ3n) is 4.44. The van der Waals surface area contributed by atoms with Crippen molar-refractivity contribution in [3.63, 3.8) is 0 Å². The van der Waals surface area contributed by atoms with Crippen LogP contribution in [0.1, 0.15) is 38.9 Å². The van der Waals surface area contributed by atoms with E-state index in [1.165, 1.54) is 12.4 Å². The zero-order valence-corrected chi connectivity index (χ0v) is 16.5. The number of anilines is 3.